The molecule has 28 heavy (non-hydrogen) atoms. The van der Waals surface area contributed by atoms with Crippen LogP contribution in [0.2, 0.25) is 0 Å². The number of halogens is 4. The highest BCUT2D eigenvalue weighted by Gasteiger charge is 2.49. The lowest BCUT2D eigenvalue weighted by Crippen LogP contribution is -2.42. The van der Waals surface area contributed by atoms with E-state index in [0.717, 1.165) is 34.8 Å². The Morgan fingerprint density at radius 1 is 1.11 bits per heavy atom. The summed E-state index contributed by atoms with van der Waals surface area (Å²) in [7, 11) is -4.65. The molecule has 7 nitrogen and oxygen atoms in total. The molecule has 1 aromatic carbocycles. The molecule has 2 aromatic heterocycles. The molecule has 1 unspecified atom stereocenters. The van der Waals surface area contributed by atoms with E-state index in [1.807, 2.05) is 0 Å². The molecule has 0 radical (unpaired) electrons. The van der Waals surface area contributed by atoms with Crippen molar-refractivity contribution < 1.29 is 26.0 Å². The fraction of sp³-hybridized carbons (Fsp3) is 0.312. The highest BCUT2D eigenvalue weighted by Crippen LogP contribution is 2.40. The summed E-state index contributed by atoms with van der Waals surface area (Å²) in [6.45, 7) is 2.32. The van der Waals surface area contributed by atoms with Gasteiger partial charge in [0.1, 0.15) is 11.9 Å². The molecule has 0 aliphatic carbocycles. The van der Waals surface area contributed by atoms with Crippen LogP contribution in [0.15, 0.2) is 41.4 Å². The van der Waals surface area contributed by atoms with Crippen molar-refractivity contribution in [2.75, 3.05) is 6.54 Å². The number of aromatic nitrogens is 4. The van der Waals surface area contributed by atoms with Gasteiger partial charge in [-0.3, -0.25) is 0 Å². The lowest BCUT2D eigenvalue weighted by atomic mass is 10.1. The SMILES string of the molecule is CCN(C(c1ccc(F)cc1)C(F)(F)F)S(=O)(=O)c1ccc2nnc(C)n2n1. The maximum absolute atomic E-state index is 13.8. The Kier molecular flexibility index (Phi) is 5.10. The molecule has 0 amide bonds. The number of rotatable bonds is 5. The van der Waals surface area contributed by atoms with Gasteiger partial charge in [0.15, 0.2) is 16.5 Å². The molecule has 3 rings (SSSR count). The van der Waals surface area contributed by atoms with Crippen LogP contribution < -0.4 is 0 Å². The lowest BCUT2D eigenvalue weighted by molar-refractivity contribution is -0.173. The predicted molar refractivity (Wildman–Crippen MR) is 90.3 cm³/mol. The standard InChI is InChI=1S/C16H15F4N5O2S/c1-3-24(15(16(18,19)20)11-4-6-12(17)7-5-11)28(26,27)14-9-8-13-22-21-10(2)25(13)23-14/h4-9,15H,3H2,1-2H3. The van der Waals surface area contributed by atoms with Gasteiger partial charge >= 0.3 is 6.18 Å². The predicted octanol–water partition coefficient (Wildman–Crippen LogP) is 2.89. The van der Waals surface area contributed by atoms with Crippen molar-refractivity contribution >= 4 is 15.7 Å². The molecule has 150 valence electrons. The van der Waals surface area contributed by atoms with Crippen molar-refractivity contribution in [1.82, 2.24) is 24.1 Å². The fourth-order valence-corrected chi connectivity index (χ4v) is 4.32. The van der Waals surface area contributed by atoms with Gasteiger partial charge in [-0.15, -0.1) is 10.2 Å². The Balaban J connectivity index is 2.13. The number of nitrogens with zero attached hydrogens (tertiary/aromatic N) is 5. The molecule has 3 aromatic rings. The number of aryl methyl sites for hydroxylation is 1. The maximum atomic E-state index is 13.8. The molecule has 0 bridgehead atoms. The van der Waals surface area contributed by atoms with Crippen LogP contribution in [0.4, 0.5) is 17.6 Å². The van der Waals surface area contributed by atoms with Crippen LogP contribution in [0.1, 0.15) is 24.4 Å². The summed E-state index contributed by atoms with van der Waals surface area (Å²) < 4.78 is 82.0. The Bertz CT molecular complexity index is 1100. The Hall–Kier alpha value is -2.60. The van der Waals surface area contributed by atoms with Gasteiger partial charge in [-0.25, -0.2) is 12.8 Å². The van der Waals surface area contributed by atoms with Crippen molar-refractivity contribution in [3.63, 3.8) is 0 Å². The second-order valence-electron chi connectivity index (χ2n) is 5.89. The van der Waals surface area contributed by atoms with Crippen molar-refractivity contribution in [3.8, 4) is 0 Å². The first-order valence-corrected chi connectivity index (χ1v) is 9.52. The summed E-state index contributed by atoms with van der Waals surface area (Å²) in [5.41, 5.74) is -0.147. The fourth-order valence-electron chi connectivity index (χ4n) is 2.79. The van der Waals surface area contributed by atoms with Crippen LogP contribution in [0.5, 0.6) is 0 Å². The highest BCUT2D eigenvalue weighted by molar-refractivity contribution is 7.89. The maximum Gasteiger partial charge on any atom is 0.409 e. The van der Waals surface area contributed by atoms with Crippen LogP contribution >= 0.6 is 0 Å². The van der Waals surface area contributed by atoms with Crippen LogP contribution in [0.3, 0.4) is 0 Å². The summed E-state index contributed by atoms with van der Waals surface area (Å²) >= 11 is 0. The van der Waals surface area contributed by atoms with Gasteiger partial charge in [-0.2, -0.15) is 27.1 Å². The monoisotopic (exact) mass is 417 g/mol. The van der Waals surface area contributed by atoms with E-state index in [2.05, 4.69) is 15.3 Å². The van der Waals surface area contributed by atoms with Crippen molar-refractivity contribution in [2.45, 2.75) is 31.1 Å². The zero-order chi connectivity index (χ0) is 20.7. The van der Waals surface area contributed by atoms with Crippen LogP contribution in [0, 0.1) is 12.7 Å². The molecule has 0 saturated carbocycles. The second kappa shape index (κ2) is 7.09. The molecular weight excluding hydrogens is 402 g/mol. The third-order valence-electron chi connectivity index (χ3n) is 4.06. The molecule has 12 heteroatoms. The normalized spacial score (nSPS) is 14.0. The van der Waals surface area contributed by atoms with Crippen molar-refractivity contribution in [3.05, 3.63) is 53.6 Å². The van der Waals surface area contributed by atoms with Crippen LogP contribution in [-0.2, 0) is 10.0 Å². The molecule has 0 aliphatic rings. The summed E-state index contributed by atoms with van der Waals surface area (Å²) in [6.07, 6.45) is -4.93. The first-order valence-electron chi connectivity index (χ1n) is 8.08. The molecule has 0 N–H and O–H groups in total. The van der Waals surface area contributed by atoms with E-state index in [0.29, 0.717) is 0 Å². The number of alkyl halides is 3. The average molecular weight is 417 g/mol. The first-order chi connectivity index (χ1) is 13.1. The van der Waals surface area contributed by atoms with E-state index < -0.39 is 45.2 Å². The number of hydrogen-bond acceptors (Lipinski definition) is 5. The van der Waals surface area contributed by atoms with E-state index in [1.54, 1.807) is 0 Å². The third-order valence-corrected chi connectivity index (χ3v) is 5.90. The Labute approximate surface area is 157 Å². The van der Waals surface area contributed by atoms with Gasteiger partial charge in [-0.05, 0) is 36.8 Å². The zero-order valence-corrected chi connectivity index (χ0v) is 15.5. The molecule has 0 fully saturated rings. The summed E-state index contributed by atoms with van der Waals surface area (Å²) in [5, 5.41) is 10.8. The highest BCUT2D eigenvalue weighted by atomic mass is 32.2. The molecule has 1 atom stereocenters. The van der Waals surface area contributed by atoms with E-state index in [4.69, 9.17) is 0 Å². The number of hydrogen-bond donors (Lipinski definition) is 0. The minimum absolute atomic E-state index is 0.255. The van der Waals surface area contributed by atoms with E-state index in [9.17, 15) is 26.0 Å². The quantitative estimate of drug-likeness (QED) is 0.597. The minimum Gasteiger partial charge on any atom is -0.207 e. The molecule has 0 spiro atoms. The molecule has 0 aliphatic heterocycles. The molecule has 0 saturated heterocycles. The van der Waals surface area contributed by atoms with E-state index in [1.165, 1.54) is 19.9 Å². The molecular formula is C16H15F4N5O2S. The first kappa shape index (κ1) is 20.1. The van der Waals surface area contributed by atoms with Gasteiger partial charge in [0.25, 0.3) is 10.0 Å². The minimum atomic E-state index is -4.93. The van der Waals surface area contributed by atoms with Crippen molar-refractivity contribution in [1.29, 1.82) is 0 Å². The molecule has 2 heterocycles. The van der Waals surface area contributed by atoms with Crippen LogP contribution in [0.25, 0.3) is 5.65 Å². The topological polar surface area (TPSA) is 80.5 Å². The van der Waals surface area contributed by atoms with Crippen LogP contribution in [-0.4, -0.2) is 45.3 Å². The number of fused-ring (bicyclic) bond motifs is 1. The van der Waals surface area contributed by atoms with Gasteiger partial charge in [-0.1, -0.05) is 19.1 Å². The number of sulfonamides is 1. The number of benzene rings is 1. The van der Waals surface area contributed by atoms with Gasteiger partial charge in [0, 0.05) is 6.54 Å². The summed E-state index contributed by atoms with van der Waals surface area (Å²) in [4.78, 5) is 0. The van der Waals surface area contributed by atoms with Crippen molar-refractivity contribution in [2.24, 2.45) is 0 Å². The third kappa shape index (κ3) is 3.56. The van der Waals surface area contributed by atoms with Gasteiger partial charge in [0.2, 0.25) is 0 Å². The smallest absolute Gasteiger partial charge is 0.207 e. The Morgan fingerprint density at radius 3 is 2.32 bits per heavy atom. The summed E-state index contributed by atoms with van der Waals surface area (Å²) in [6, 6.07) is 3.38. The van der Waals surface area contributed by atoms with Gasteiger partial charge in [0.05, 0.1) is 0 Å². The second-order valence-corrected chi connectivity index (χ2v) is 7.73. The zero-order valence-electron chi connectivity index (χ0n) is 14.7. The van der Waals surface area contributed by atoms with E-state index in [-0.39, 0.29) is 15.8 Å². The van der Waals surface area contributed by atoms with E-state index >= 15 is 0 Å². The van der Waals surface area contributed by atoms with Gasteiger partial charge < -0.3 is 0 Å². The average Bonchev–Trinajstić information content (AvgIpc) is 3.00. The Morgan fingerprint density at radius 2 is 1.75 bits per heavy atom. The summed E-state index contributed by atoms with van der Waals surface area (Å²) in [5.74, 6) is -0.452. The lowest BCUT2D eigenvalue weighted by Gasteiger charge is -2.31. The largest absolute Gasteiger partial charge is 0.409 e.